The van der Waals surface area contributed by atoms with Crippen molar-refractivity contribution in [1.82, 2.24) is 5.32 Å². The molecule has 1 amide bonds. The molecule has 0 aromatic heterocycles. The molecule has 0 radical (unpaired) electrons. The zero-order chi connectivity index (χ0) is 19.1. The van der Waals surface area contributed by atoms with Crippen LogP contribution in [0.1, 0.15) is 18.5 Å². The van der Waals surface area contributed by atoms with Gasteiger partial charge in [0.1, 0.15) is 6.04 Å². The van der Waals surface area contributed by atoms with Gasteiger partial charge in [0.2, 0.25) is 5.91 Å². The number of non-ortho nitro benzene ring substituents is 1. The van der Waals surface area contributed by atoms with Gasteiger partial charge in [0.25, 0.3) is 5.69 Å². The summed E-state index contributed by atoms with van der Waals surface area (Å²) >= 11 is 0. The summed E-state index contributed by atoms with van der Waals surface area (Å²) in [6.07, 6.45) is 1.22. The molecular weight excluding hydrogens is 338 g/mol. The van der Waals surface area contributed by atoms with E-state index in [9.17, 15) is 24.8 Å². The molecule has 26 heavy (non-hydrogen) atoms. The molecule has 3 N–H and O–H groups in total. The Morgan fingerprint density at radius 2 is 1.73 bits per heavy atom. The Balaban J connectivity index is 2.04. The number of carboxylic acids is 1. The minimum atomic E-state index is -1.07. The molecule has 2 aromatic rings. The van der Waals surface area contributed by atoms with E-state index in [4.69, 9.17) is 0 Å². The van der Waals surface area contributed by atoms with Crippen molar-refractivity contribution >= 4 is 23.3 Å². The van der Waals surface area contributed by atoms with Crippen LogP contribution in [-0.4, -0.2) is 21.9 Å². The van der Waals surface area contributed by atoms with Crippen molar-refractivity contribution < 1.29 is 19.6 Å². The summed E-state index contributed by atoms with van der Waals surface area (Å²) in [5.74, 6) is -1.55. The Morgan fingerprint density at radius 1 is 1.12 bits per heavy atom. The number of nitrogens with one attached hydrogen (secondary N) is 2. The first-order valence-electron chi connectivity index (χ1n) is 7.65. The maximum absolute atomic E-state index is 12.0. The quantitative estimate of drug-likeness (QED) is 0.399. The minimum Gasteiger partial charge on any atom is -0.479 e. The van der Waals surface area contributed by atoms with Crippen molar-refractivity contribution in [2.45, 2.75) is 13.0 Å². The zero-order valence-electron chi connectivity index (χ0n) is 13.9. The average Bonchev–Trinajstić information content (AvgIpc) is 2.60. The van der Waals surface area contributed by atoms with Crippen LogP contribution in [-0.2, 0) is 9.59 Å². The molecule has 0 aliphatic carbocycles. The van der Waals surface area contributed by atoms with E-state index in [2.05, 4.69) is 10.6 Å². The van der Waals surface area contributed by atoms with E-state index in [0.717, 1.165) is 0 Å². The summed E-state index contributed by atoms with van der Waals surface area (Å²) in [6, 6.07) is 13.0. The van der Waals surface area contributed by atoms with Gasteiger partial charge in [0.05, 0.1) is 4.92 Å². The van der Waals surface area contributed by atoms with Gasteiger partial charge in [0.15, 0.2) is 0 Å². The number of hydrogen-bond donors (Lipinski definition) is 3. The summed E-state index contributed by atoms with van der Waals surface area (Å²) in [4.78, 5) is 33.5. The van der Waals surface area contributed by atoms with E-state index in [1.165, 1.54) is 30.3 Å². The molecule has 0 saturated heterocycles. The Kier molecular flexibility index (Phi) is 6.05. The zero-order valence-corrected chi connectivity index (χ0v) is 13.9. The van der Waals surface area contributed by atoms with E-state index in [-0.39, 0.29) is 5.69 Å². The molecule has 2 rings (SSSR count). The first kappa shape index (κ1) is 18.7. The van der Waals surface area contributed by atoms with Crippen molar-refractivity contribution in [1.29, 1.82) is 0 Å². The van der Waals surface area contributed by atoms with Crippen LogP contribution >= 0.6 is 0 Å². The van der Waals surface area contributed by atoms with E-state index < -0.39 is 22.8 Å². The Hall–Kier alpha value is -3.68. The number of carbonyl (C=O) groups is 2. The number of nitro groups is 1. The monoisotopic (exact) mass is 355 g/mol. The number of aliphatic carboxylic acids is 1. The molecular formula is C18H17N3O5. The second-order valence-electron chi connectivity index (χ2n) is 5.45. The third kappa shape index (κ3) is 5.17. The smallest absolute Gasteiger partial charge is 0.330 e. The SMILES string of the molecule is CC(=CC(=O)Nc1ccc([N+](=O)[O-])cc1)N[C@@H](C(=O)O)c1ccccc1. The lowest BCUT2D eigenvalue weighted by atomic mass is 10.1. The Bertz CT molecular complexity index is 832. The number of nitro benzene ring substituents is 1. The predicted octanol–water partition coefficient (Wildman–Crippen LogP) is 2.85. The van der Waals surface area contributed by atoms with Gasteiger partial charge in [-0.2, -0.15) is 0 Å². The van der Waals surface area contributed by atoms with Gasteiger partial charge in [-0.05, 0) is 24.6 Å². The fourth-order valence-electron chi connectivity index (χ4n) is 2.24. The number of rotatable bonds is 7. The van der Waals surface area contributed by atoms with E-state index in [1.54, 1.807) is 37.3 Å². The number of amides is 1. The normalized spacial score (nSPS) is 12.1. The van der Waals surface area contributed by atoms with Crippen molar-refractivity contribution in [2.75, 3.05) is 5.32 Å². The van der Waals surface area contributed by atoms with Gasteiger partial charge >= 0.3 is 5.97 Å². The number of carbonyl (C=O) groups excluding carboxylic acids is 1. The lowest BCUT2D eigenvalue weighted by molar-refractivity contribution is -0.384. The van der Waals surface area contributed by atoms with Crippen LogP contribution in [0.2, 0.25) is 0 Å². The number of carboxylic acid groups (broad SMARTS) is 1. The van der Waals surface area contributed by atoms with Gasteiger partial charge in [-0.1, -0.05) is 30.3 Å². The fraction of sp³-hybridized carbons (Fsp3) is 0.111. The molecule has 0 fully saturated rings. The number of nitrogens with zero attached hydrogens (tertiary/aromatic N) is 1. The van der Waals surface area contributed by atoms with Crippen LogP contribution in [0.4, 0.5) is 11.4 Å². The molecule has 0 aliphatic rings. The van der Waals surface area contributed by atoms with Crippen LogP contribution in [0.3, 0.4) is 0 Å². The first-order valence-corrected chi connectivity index (χ1v) is 7.65. The predicted molar refractivity (Wildman–Crippen MR) is 95.4 cm³/mol. The largest absolute Gasteiger partial charge is 0.479 e. The van der Waals surface area contributed by atoms with Crippen LogP contribution in [0.25, 0.3) is 0 Å². The molecule has 2 aromatic carbocycles. The molecule has 0 saturated carbocycles. The third-order valence-corrected chi connectivity index (χ3v) is 3.45. The third-order valence-electron chi connectivity index (χ3n) is 3.45. The lowest BCUT2D eigenvalue weighted by Gasteiger charge is -2.16. The number of benzene rings is 2. The highest BCUT2D eigenvalue weighted by atomic mass is 16.6. The van der Waals surface area contributed by atoms with Gasteiger partial charge in [0, 0.05) is 29.6 Å². The van der Waals surface area contributed by atoms with E-state index in [0.29, 0.717) is 16.9 Å². The van der Waals surface area contributed by atoms with Gasteiger partial charge in [-0.25, -0.2) is 4.79 Å². The summed E-state index contributed by atoms with van der Waals surface area (Å²) < 4.78 is 0. The summed E-state index contributed by atoms with van der Waals surface area (Å²) in [5, 5.41) is 25.3. The molecule has 0 unspecified atom stereocenters. The molecule has 8 nitrogen and oxygen atoms in total. The number of allylic oxidation sites excluding steroid dienone is 1. The van der Waals surface area contributed by atoms with E-state index in [1.807, 2.05) is 0 Å². The van der Waals surface area contributed by atoms with E-state index >= 15 is 0 Å². The highest BCUT2D eigenvalue weighted by molar-refractivity contribution is 5.99. The summed E-state index contributed by atoms with van der Waals surface area (Å²) in [5.41, 5.74) is 1.23. The number of anilines is 1. The molecule has 0 aliphatic heterocycles. The Morgan fingerprint density at radius 3 is 2.27 bits per heavy atom. The van der Waals surface area contributed by atoms with Crippen LogP contribution < -0.4 is 10.6 Å². The maximum atomic E-state index is 12.0. The highest BCUT2D eigenvalue weighted by Crippen LogP contribution is 2.16. The molecule has 0 spiro atoms. The molecule has 8 heteroatoms. The van der Waals surface area contributed by atoms with Gasteiger partial charge in [-0.15, -0.1) is 0 Å². The van der Waals surface area contributed by atoms with Crippen molar-refractivity contribution in [2.24, 2.45) is 0 Å². The summed E-state index contributed by atoms with van der Waals surface area (Å²) in [6.45, 7) is 1.58. The van der Waals surface area contributed by atoms with Crippen molar-refractivity contribution in [3.63, 3.8) is 0 Å². The number of hydrogen-bond acceptors (Lipinski definition) is 5. The van der Waals surface area contributed by atoms with Crippen molar-refractivity contribution in [3.05, 3.63) is 82.0 Å². The average molecular weight is 355 g/mol. The molecule has 1 atom stereocenters. The summed E-state index contributed by atoms with van der Waals surface area (Å²) in [7, 11) is 0. The maximum Gasteiger partial charge on any atom is 0.330 e. The second kappa shape index (κ2) is 8.43. The van der Waals surface area contributed by atoms with Crippen molar-refractivity contribution in [3.8, 4) is 0 Å². The molecule has 134 valence electrons. The minimum absolute atomic E-state index is 0.0800. The molecule has 0 bridgehead atoms. The van der Waals surface area contributed by atoms with Crippen LogP contribution in [0, 0.1) is 10.1 Å². The first-order chi connectivity index (χ1) is 12.4. The standard InChI is InChI=1S/C18H17N3O5/c1-12(19-17(18(23)24)13-5-3-2-4-6-13)11-16(22)20-14-7-9-15(10-8-14)21(25)26/h2-11,17,19H,1H3,(H,20,22)(H,23,24)/t17-/m1/s1. The van der Waals surface area contributed by atoms with Gasteiger partial charge in [-0.3, -0.25) is 14.9 Å². The fourth-order valence-corrected chi connectivity index (χ4v) is 2.24. The molecule has 0 heterocycles. The Labute approximate surface area is 149 Å². The highest BCUT2D eigenvalue weighted by Gasteiger charge is 2.19. The lowest BCUT2D eigenvalue weighted by Crippen LogP contribution is -2.27. The topological polar surface area (TPSA) is 122 Å². The van der Waals surface area contributed by atoms with Crippen LogP contribution in [0.5, 0.6) is 0 Å². The van der Waals surface area contributed by atoms with Crippen LogP contribution in [0.15, 0.2) is 66.4 Å². The second-order valence-corrected chi connectivity index (χ2v) is 5.45. The van der Waals surface area contributed by atoms with Gasteiger partial charge < -0.3 is 15.7 Å².